The normalized spacial score (nSPS) is 12.7. The molecule has 0 aliphatic heterocycles. The number of carbonyl (C=O) groups excluding carboxylic acids is 1. The van der Waals surface area contributed by atoms with Crippen molar-refractivity contribution < 1.29 is 19.0 Å². The Morgan fingerprint density at radius 1 is 1.18 bits per heavy atom. The van der Waals surface area contributed by atoms with Gasteiger partial charge in [0.1, 0.15) is 29.4 Å². The van der Waals surface area contributed by atoms with Crippen LogP contribution in [0.2, 0.25) is 0 Å². The van der Waals surface area contributed by atoms with Gasteiger partial charge in [-0.25, -0.2) is 14.4 Å². The fraction of sp³-hybridized carbons (Fsp3) is 0.321. The molecule has 0 fully saturated rings. The summed E-state index contributed by atoms with van der Waals surface area (Å²) in [4.78, 5) is 29.9. The van der Waals surface area contributed by atoms with Crippen LogP contribution in [-0.2, 0) is 6.61 Å². The number of nitrogens with one attached hydrogen (secondary N) is 2. The summed E-state index contributed by atoms with van der Waals surface area (Å²) in [5.74, 6) is 1.28. The lowest BCUT2D eigenvalue weighted by molar-refractivity contribution is 0.0964. The number of aliphatic hydroxyl groups excluding tert-OH is 1. The smallest absolute Gasteiger partial charge is 0.251 e. The highest BCUT2D eigenvalue weighted by atomic mass is 32.2. The van der Waals surface area contributed by atoms with Gasteiger partial charge in [0, 0.05) is 43.0 Å². The summed E-state index contributed by atoms with van der Waals surface area (Å²) in [6, 6.07) is 8.32. The van der Waals surface area contributed by atoms with E-state index in [-0.39, 0.29) is 35.3 Å². The average molecular weight is 551 g/mol. The molecule has 9 nitrogen and oxygen atoms in total. The highest BCUT2D eigenvalue weighted by molar-refractivity contribution is 7.98. The summed E-state index contributed by atoms with van der Waals surface area (Å²) in [5, 5.41) is 15.7. The van der Waals surface area contributed by atoms with Gasteiger partial charge in [-0.1, -0.05) is 13.0 Å². The van der Waals surface area contributed by atoms with E-state index in [0.717, 1.165) is 16.9 Å². The molecular weight excluding hydrogens is 519 g/mol. The Labute approximate surface area is 230 Å². The van der Waals surface area contributed by atoms with Crippen molar-refractivity contribution >= 4 is 34.4 Å². The lowest BCUT2D eigenvalue weighted by atomic mass is 9.86. The first kappa shape index (κ1) is 28.2. The van der Waals surface area contributed by atoms with Gasteiger partial charge in [-0.15, -0.1) is 0 Å². The van der Waals surface area contributed by atoms with E-state index in [1.165, 1.54) is 32.6 Å². The second-order valence-electron chi connectivity index (χ2n) is 9.00. The number of methoxy groups -OCH3 is 1. The van der Waals surface area contributed by atoms with Crippen molar-refractivity contribution in [2.75, 3.05) is 38.0 Å². The zero-order valence-corrected chi connectivity index (χ0v) is 23.1. The molecule has 4 aromatic rings. The highest BCUT2D eigenvalue weighted by Crippen LogP contribution is 2.34. The van der Waals surface area contributed by atoms with E-state index in [9.17, 15) is 14.3 Å². The van der Waals surface area contributed by atoms with Crippen LogP contribution in [0.25, 0.3) is 22.2 Å². The molecule has 0 saturated carbocycles. The molecular formula is C28H31FN6O3S. The van der Waals surface area contributed by atoms with Gasteiger partial charge in [0.2, 0.25) is 0 Å². The number of benzene rings is 1. The molecule has 0 aliphatic rings. The maximum absolute atomic E-state index is 14.9. The molecule has 39 heavy (non-hydrogen) atoms. The first-order chi connectivity index (χ1) is 18.9. The van der Waals surface area contributed by atoms with Crippen LogP contribution >= 0.6 is 11.8 Å². The van der Waals surface area contributed by atoms with Crippen LogP contribution in [0.3, 0.4) is 0 Å². The molecule has 3 N–H and O–H groups in total. The fourth-order valence-electron chi connectivity index (χ4n) is 4.54. The van der Waals surface area contributed by atoms with Gasteiger partial charge in [-0.3, -0.25) is 14.8 Å². The highest BCUT2D eigenvalue weighted by Gasteiger charge is 2.24. The minimum absolute atomic E-state index is 0.00119. The van der Waals surface area contributed by atoms with Crippen LogP contribution in [0.5, 0.6) is 5.75 Å². The third-order valence-electron chi connectivity index (χ3n) is 6.73. The number of thioether (sulfide) groups is 1. The molecule has 0 bridgehead atoms. The number of halogens is 1. The van der Waals surface area contributed by atoms with Crippen molar-refractivity contribution in [3.63, 3.8) is 0 Å². The Morgan fingerprint density at radius 2 is 2.00 bits per heavy atom. The van der Waals surface area contributed by atoms with Crippen molar-refractivity contribution in [3.8, 4) is 17.0 Å². The molecule has 0 spiro atoms. The maximum atomic E-state index is 14.9. The lowest BCUT2D eigenvalue weighted by Gasteiger charge is -2.25. The van der Waals surface area contributed by atoms with Gasteiger partial charge in [0.05, 0.1) is 30.5 Å². The third-order valence-corrected chi connectivity index (χ3v) is 7.49. The van der Waals surface area contributed by atoms with Crippen molar-refractivity contribution in [1.29, 1.82) is 0 Å². The predicted molar refractivity (Wildman–Crippen MR) is 152 cm³/mol. The Bertz CT molecular complexity index is 1470. The van der Waals surface area contributed by atoms with Gasteiger partial charge in [0.25, 0.3) is 5.91 Å². The number of pyridine rings is 2. The van der Waals surface area contributed by atoms with E-state index in [4.69, 9.17) is 4.74 Å². The molecule has 1 amide bonds. The molecule has 0 radical (unpaired) electrons. The molecule has 3 heterocycles. The Hall–Kier alpha value is -3.83. The molecule has 1 aromatic carbocycles. The lowest BCUT2D eigenvalue weighted by Crippen LogP contribution is -2.23. The molecule has 0 aliphatic carbocycles. The molecule has 11 heteroatoms. The zero-order chi connectivity index (χ0) is 27.9. The van der Waals surface area contributed by atoms with Crippen LogP contribution in [0.4, 0.5) is 10.2 Å². The number of hydrogen-bond acceptors (Lipinski definition) is 9. The van der Waals surface area contributed by atoms with E-state index in [1.807, 2.05) is 12.3 Å². The fourth-order valence-corrected chi connectivity index (χ4v) is 5.38. The first-order valence-corrected chi connectivity index (χ1v) is 13.8. The summed E-state index contributed by atoms with van der Waals surface area (Å²) in [5.41, 5.74) is 3.48. The molecule has 2 unspecified atom stereocenters. The second-order valence-corrected chi connectivity index (χ2v) is 9.91. The zero-order valence-electron chi connectivity index (χ0n) is 22.2. The number of nitrogens with zero attached hydrogens (tertiary/aromatic N) is 4. The van der Waals surface area contributed by atoms with E-state index in [0.29, 0.717) is 35.0 Å². The summed E-state index contributed by atoms with van der Waals surface area (Å²) in [6.45, 7) is 2.47. The van der Waals surface area contributed by atoms with Crippen LogP contribution in [0.15, 0.2) is 49.1 Å². The Morgan fingerprint density at radius 3 is 2.72 bits per heavy atom. The monoisotopic (exact) mass is 550 g/mol. The van der Waals surface area contributed by atoms with Crippen molar-refractivity contribution in [2.45, 2.75) is 19.4 Å². The standard InChI is InChI=1S/C28H31FN6O3S/c1-16(19-5-6-21(29)26-20(28(37)30-2)7-8-31-27(19)26)18(14-39-4)12-33-25-10-22(34-15-35-25)17-9-24(38-3)23(13-36)32-11-17/h5-11,15-16,18,36H,12-14H2,1-4H3,(H,30,37)(H,33,34,35). The number of fused-ring (bicyclic) bond motifs is 1. The summed E-state index contributed by atoms with van der Waals surface area (Å²) < 4.78 is 20.2. The SMILES string of the molecule is CNC(=O)c1ccnc2c(C(C)C(CNc3cc(-c4cnc(CO)c(OC)c4)ncn3)CSC)ccc(F)c12. The Balaban J connectivity index is 1.59. The number of ether oxygens (including phenoxy) is 1. The average Bonchev–Trinajstić information content (AvgIpc) is 2.98. The van der Waals surface area contributed by atoms with E-state index in [1.54, 1.807) is 36.3 Å². The summed E-state index contributed by atoms with van der Waals surface area (Å²) in [7, 11) is 3.05. The number of hydrogen-bond donors (Lipinski definition) is 3. The van der Waals surface area contributed by atoms with Gasteiger partial charge >= 0.3 is 0 Å². The minimum Gasteiger partial charge on any atom is -0.495 e. The molecule has 0 saturated heterocycles. The van der Waals surface area contributed by atoms with Crippen LogP contribution < -0.4 is 15.4 Å². The number of aromatic nitrogens is 4. The molecule has 2 atom stereocenters. The van der Waals surface area contributed by atoms with E-state index in [2.05, 4.69) is 37.5 Å². The second kappa shape index (κ2) is 12.8. The third kappa shape index (κ3) is 6.10. The number of aliphatic hydroxyl groups is 1. The Kier molecular flexibility index (Phi) is 9.26. The van der Waals surface area contributed by atoms with Gasteiger partial charge in [-0.2, -0.15) is 11.8 Å². The maximum Gasteiger partial charge on any atom is 0.251 e. The van der Waals surface area contributed by atoms with E-state index < -0.39 is 5.82 Å². The van der Waals surface area contributed by atoms with Gasteiger partial charge in [-0.05, 0) is 47.6 Å². The summed E-state index contributed by atoms with van der Waals surface area (Å²) >= 11 is 1.72. The largest absolute Gasteiger partial charge is 0.495 e. The number of anilines is 1. The van der Waals surface area contributed by atoms with Crippen LogP contribution in [0, 0.1) is 11.7 Å². The van der Waals surface area contributed by atoms with Gasteiger partial charge in [0.15, 0.2) is 0 Å². The van der Waals surface area contributed by atoms with Crippen molar-refractivity contribution in [3.05, 3.63) is 71.7 Å². The summed E-state index contributed by atoms with van der Waals surface area (Å²) in [6.07, 6.45) is 6.71. The molecule has 4 rings (SSSR count). The van der Waals surface area contributed by atoms with E-state index >= 15 is 0 Å². The quantitative estimate of drug-likeness (QED) is 0.251. The molecule has 204 valence electrons. The van der Waals surface area contributed by atoms with Crippen LogP contribution in [-0.4, -0.2) is 63.7 Å². The first-order valence-electron chi connectivity index (χ1n) is 12.4. The van der Waals surface area contributed by atoms with Crippen LogP contribution in [0.1, 0.15) is 34.5 Å². The topological polar surface area (TPSA) is 122 Å². The number of amides is 1. The number of rotatable bonds is 11. The van der Waals surface area contributed by atoms with Gasteiger partial charge < -0.3 is 20.5 Å². The number of carbonyl (C=O) groups is 1. The van der Waals surface area contributed by atoms with Crippen molar-refractivity contribution in [1.82, 2.24) is 25.3 Å². The minimum atomic E-state index is -0.473. The molecule has 3 aromatic heterocycles. The predicted octanol–water partition coefficient (Wildman–Crippen LogP) is 4.28. The van der Waals surface area contributed by atoms with Crippen molar-refractivity contribution in [2.24, 2.45) is 5.92 Å².